The van der Waals surface area contributed by atoms with Gasteiger partial charge < -0.3 is 5.73 Å². The van der Waals surface area contributed by atoms with Crippen molar-refractivity contribution in [2.45, 2.75) is 62.8 Å². The molecule has 0 bridgehead atoms. The summed E-state index contributed by atoms with van der Waals surface area (Å²) in [6.07, 6.45) is 7.39. The van der Waals surface area contributed by atoms with Crippen molar-refractivity contribution >= 4 is 15.9 Å². The van der Waals surface area contributed by atoms with Crippen molar-refractivity contribution in [2.24, 2.45) is 5.73 Å². The van der Waals surface area contributed by atoms with Crippen LogP contribution in [-0.4, -0.2) is 20.4 Å². The molecule has 6 heteroatoms. The largest absolute Gasteiger partial charge is 0.366 e. The van der Waals surface area contributed by atoms with Gasteiger partial charge in [-0.3, -0.25) is 4.79 Å². The lowest BCUT2D eigenvalue weighted by molar-refractivity contribution is 0.0999. The normalized spacial score (nSPS) is 17.7. The van der Waals surface area contributed by atoms with Gasteiger partial charge in [0.15, 0.2) is 0 Å². The third-order valence-electron chi connectivity index (χ3n) is 4.21. The molecule has 0 aromatic heterocycles. The van der Waals surface area contributed by atoms with E-state index in [-0.39, 0.29) is 16.5 Å². The molecule has 0 saturated heterocycles. The minimum Gasteiger partial charge on any atom is -0.366 e. The first-order valence-electron chi connectivity index (χ1n) is 7.83. The molecule has 22 heavy (non-hydrogen) atoms. The van der Waals surface area contributed by atoms with Gasteiger partial charge in [-0.25, -0.2) is 13.1 Å². The van der Waals surface area contributed by atoms with E-state index < -0.39 is 15.9 Å². The summed E-state index contributed by atoms with van der Waals surface area (Å²) < 4.78 is 27.8. The summed E-state index contributed by atoms with van der Waals surface area (Å²) in [4.78, 5) is 11.5. The Morgan fingerprint density at radius 3 is 2.32 bits per heavy atom. The van der Waals surface area contributed by atoms with E-state index in [1.807, 2.05) is 0 Å². The van der Waals surface area contributed by atoms with Crippen LogP contribution in [-0.2, 0) is 10.0 Å². The van der Waals surface area contributed by atoms with Crippen molar-refractivity contribution in [3.05, 3.63) is 29.3 Å². The fourth-order valence-corrected chi connectivity index (χ4v) is 4.23. The lowest BCUT2D eigenvalue weighted by Gasteiger charge is -2.21. The average molecular weight is 324 g/mol. The smallest absolute Gasteiger partial charge is 0.249 e. The molecule has 1 aliphatic carbocycles. The van der Waals surface area contributed by atoms with E-state index in [1.165, 1.54) is 18.6 Å². The molecule has 1 aliphatic rings. The third-order valence-corrected chi connectivity index (χ3v) is 5.73. The van der Waals surface area contributed by atoms with Crippen molar-refractivity contribution in [1.82, 2.24) is 4.72 Å². The molecule has 3 N–H and O–H groups in total. The number of benzene rings is 1. The summed E-state index contributed by atoms with van der Waals surface area (Å²) in [6, 6.07) is 4.48. The standard InChI is InChI=1S/C16H24N2O3S/c1-12-9-10-14(11-15(12)16(17)19)22(20,21)18-13-7-5-3-2-4-6-8-13/h9-11,13,18H,2-8H2,1H3,(H2,17,19). The Bertz CT molecular complexity index is 633. The van der Waals surface area contributed by atoms with Crippen molar-refractivity contribution in [1.29, 1.82) is 0 Å². The van der Waals surface area contributed by atoms with Crippen LogP contribution in [0.4, 0.5) is 0 Å². The zero-order chi connectivity index (χ0) is 16.2. The lowest BCUT2D eigenvalue weighted by Crippen LogP contribution is -2.35. The van der Waals surface area contributed by atoms with Gasteiger partial charge in [0.2, 0.25) is 15.9 Å². The number of aryl methyl sites for hydroxylation is 1. The van der Waals surface area contributed by atoms with Gasteiger partial charge in [0, 0.05) is 11.6 Å². The first-order chi connectivity index (χ1) is 10.4. The Morgan fingerprint density at radius 1 is 1.14 bits per heavy atom. The molecular formula is C16H24N2O3S. The van der Waals surface area contributed by atoms with E-state index >= 15 is 0 Å². The average Bonchev–Trinajstić information content (AvgIpc) is 2.41. The van der Waals surface area contributed by atoms with E-state index in [9.17, 15) is 13.2 Å². The van der Waals surface area contributed by atoms with Crippen molar-refractivity contribution in [3.63, 3.8) is 0 Å². The number of primary amides is 1. The SMILES string of the molecule is Cc1ccc(S(=O)(=O)NC2CCCCCCC2)cc1C(N)=O. The Balaban J connectivity index is 2.18. The second kappa shape index (κ2) is 7.24. The molecule has 1 fully saturated rings. The molecule has 1 saturated carbocycles. The molecule has 5 nitrogen and oxygen atoms in total. The predicted octanol–water partition coefficient (Wildman–Crippen LogP) is 2.49. The minimum absolute atomic E-state index is 0.0244. The Hall–Kier alpha value is -1.40. The van der Waals surface area contributed by atoms with Gasteiger partial charge in [-0.2, -0.15) is 0 Å². The second-order valence-corrected chi connectivity index (χ2v) is 7.72. The molecule has 0 heterocycles. The maximum atomic E-state index is 12.5. The van der Waals surface area contributed by atoms with Crippen LogP contribution in [0.2, 0.25) is 0 Å². The highest BCUT2D eigenvalue weighted by Gasteiger charge is 2.22. The van der Waals surface area contributed by atoms with Gasteiger partial charge in [0.25, 0.3) is 0 Å². The number of carbonyl (C=O) groups is 1. The highest BCUT2D eigenvalue weighted by Crippen LogP contribution is 2.20. The van der Waals surface area contributed by atoms with Gasteiger partial charge in [-0.1, -0.05) is 38.2 Å². The summed E-state index contributed by atoms with van der Waals surface area (Å²) in [7, 11) is -3.62. The van der Waals surface area contributed by atoms with E-state index in [1.54, 1.807) is 13.0 Å². The molecule has 1 aromatic carbocycles. The summed E-state index contributed by atoms with van der Waals surface area (Å²) >= 11 is 0. The van der Waals surface area contributed by atoms with E-state index in [0.717, 1.165) is 38.5 Å². The number of carbonyl (C=O) groups excluding carboxylic acids is 1. The maximum absolute atomic E-state index is 12.5. The van der Waals surface area contributed by atoms with E-state index in [2.05, 4.69) is 4.72 Å². The molecular weight excluding hydrogens is 300 g/mol. The molecule has 0 aliphatic heterocycles. The van der Waals surface area contributed by atoms with Crippen LogP contribution in [0.25, 0.3) is 0 Å². The van der Waals surface area contributed by atoms with Crippen LogP contribution in [0.15, 0.2) is 23.1 Å². The number of amides is 1. The van der Waals surface area contributed by atoms with Gasteiger partial charge in [-0.05, 0) is 37.5 Å². The zero-order valence-electron chi connectivity index (χ0n) is 13.0. The first-order valence-corrected chi connectivity index (χ1v) is 9.31. The molecule has 0 spiro atoms. The van der Waals surface area contributed by atoms with Crippen molar-refractivity contribution < 1.29 is 13.2 Å². The molecule has 122 valence electrons. The summed E-state index contributed by atoms with van der Waals surface area (Å²) in [5.74, 6) is -0.611. The van der Waals surface area contributed by atoms with Crippen LogP contribution in [0.5, 0.6) is 0 Å². The van der Waals surface area contributed by atoms with Crippen LogP contribution in [0, 0.1) is 6.92 Å². The molecule has 1 aromatic rings. The lowest BCUT2D eigenvalue weighted by atomic mass is 9.97. The summed E-state index contributed by atoms with van der Waals surface area (Å²) in [5.41, 5.74) is 6.22. The van der Waals surface area contributed by atoms with E-state index in [0.29, 0.717) is 5.56 Å². The highest BCUT2D eigenvalue weighted by atomic mass is 32.2. The topological polar surface area (TPSA) is 89.3 Å². The Morgan fingerprint density at radius 2 is 1.73 bits per heavy atom. The number of nitrogens with one attached hydrogen (secondary N) is 1. The van der Waals surface area contributed by atoms with Crippen LogP contribution < -0.4 is 10.5 Å². The van der Waals surface area contributed by atoms with Gasteiger partial charge >= 0.3 is 0 Å². The van der Waals surface area contributed by atoms with Gasteiger partial charge in [0.05, 0.1) is 4.90 Å². The number of hydrogen-bond acceptors (Lipinski definition) is 3. The minimum atomic E-state index is -3.62. The zero-order valence-corrected chi connectivity index (χ0v) is 13.8. The molecule has 0 atom stereocenters. The van der Waals surface area contributed by atoms with Gasteiger partial charge in [0.1, 0.15) is 0 Å². The number of sulfonamides is 1. The van der Waals surface area contributed by atoms with Crippen molar-refractivity contribution in [3.8, 4) is 0 Å². The van der Waals surface area contributed by atoms with Crippen LogP contribution in [0.1, 0.15) is 60.9 Å². The predicted molar refractivity (Wildman–Crippen MR) is 86.1 cm³/mol. The van der Waals surface area contributed by atoms with Crippen LogP contribution >= 0.6 is 0 Å². The summed E-state index contributed by atoms with van der Waals surface area (Å²) in [5, 5.41) is 0. The molecule has 0 radical (unpaired) electrons. The molecule has 2 rings (SSSR count). The fourth-order valence-electron chi connectivity index (χ4n) is 2.90. The third kappa shape index (κ3) is 4.30. The molecule has 1 amide bonds. The van der Waals surface area contributed by atoms with Gasteiger partial charge in [-0.15, -0.1) is 0 Å². The molecule has 0 unspecified atom stereocenters. The fraction of sp³-hybridized carbons (Fsp3) is 0.562. The monoisotopic (exact) mass is 324 g/mol. The second-order valence-electron chi connectivity index (χ2n) is 6.00. The van der Waals surface area contributed by atoms with Crippen LogP contribution in [0.3, 0.4) is 0 Å². The first kappa shape index (κ1) is 17.0. The van der Waals surface area contributed by atoms with Crippen molar-refractivity contribution in [2.75, 3.05) is 0 Å². The number of nitrogens with two attached hydrogens (primary N) is 1. The summed E-state index contributed by atoms with van der Waals surface area (Å²) in [6.45, 7) is 1.73. The van der Waals surface area contributed by atoms with E-state index in [4.69, 9.17) is 5.73 Å². The highest BCUT2D eigenvalue weighted by molar-refractivity contribution is 7.89. The quantitative estimate of drug-likeness (QED) is 0.891. The maximum Gasteiger partial charge on any atom is 0.249 e. The number of hydrogen-bond donors (Lipinski definition) is 2. The Labute approximate surface area is 132 Å². The Kier molecular flexibility index (Phi) is 5.58. The number of rotatable bonds is 4.